The van der Waals surface area contributed by atoms with Crippen LogP contribution in [0.3, 0.4) is 0 Å². The van der Waals surface area contributed by atoms with E-state index in [4.69, 9.17) is 19.1 Å². The van der Waals surface area contributed by atoms with Gasteiger partial charge in [0, 0.05) is 13.1 Å². The molecule has 1 spiro atoms. The third-order valence-electron chi connectivity index (χ3n) is 7.18. The van der Waals surface area contributed by atoms with Crippen LogP contribution in [-0.2, 0) is 23.9 Å². The number of carbonyl (C=O) groups is 2. The number of nitrogens with zero attached hydrogens (tertiary/aromatic N) is 2. The van der Waals surface area contributed by atoms with Crippen molar-refractivity contribution >= 4 is 17.6 Å². The number of ether oxygens (including phenoxy) is 2. The highest BCUT2D eigenvalue weighted by atomic mass is 16.7. The van der Waals surface area contributed by atoms with E-state index < -0.39 is 11.7 Å². The van der Waals surface area contributed by atoms with Crippen LogP contribution in [0.4, 0.5) is 4.79 Å². The summed E-state index contributed by atoms with van der Waals surface area (Å²) >= 11 is 0. The first-order valence-corrected chi connectivity index (χ1v) is 12.3. The van der Waals surface area contributed by atoms with Crippen molar-refractivity contribution in [3.63, 3.8) is 0 Å². The smallest absolute Gasteiger partial charge is 0.434 e. The van der Waals surface area contributed by atoms with Gasteiger partial charge in [-0.1, -0.05) is 30.5 Å². The van der Waals surface area contributed by atoms with Crippen LogP contribution < -0.4 is 0 Å². The van der Waals surface area contributed by atoms with Crippen LogP contribution in [0.1, 0.15) is 67.7 Å². The second-order valence-electron chi connectivity index (χ2n) is 9.52. The third-order valence-corrected chi connectivity index (χ3v) is 7.18. The molecule has 1 aromatic rings. The fourth-order valence-electron chi connectivity index (χ4n) is 5.65. The number of aryl methyl sites for hydroxylation is 3. The highest BCUT2D eigenvalue weighted by Gasteiger charge is 2.57. The predicted molar refractivity (Wildman–Crippen MR) is 126 cm³/mol. The minimum Gasteiger partial charge on any atom is -0.434 e. The van der Waals surface area contributed by atoms with E-state index in [9.17, 15) is 9.59 Å². The maximum atomic E-state index is 14.1. The minimum absolute atomic E-state index is 0.0234. The average molecular weight is 473 g/mol. The number of hydrogen-bond donors (Lipinski definition) is 0. The Balaban J connectivity index is 1.87. The third kappa shape index (κ3) is 4.46. The molecule has 3 aliphatic rings. The molecule has 4 rings (SSSR count). The molecular formula is C26H36N2O6. The molecule has 0 aromatic heterocycles. The summed E-state index contributed by atoms with van der Waals surface area (Å²) in [5.74, 6) is 0.0758. The Bertz CT molecular complexity index is 950. The summed E-state index contributed by atoms with van der Waals surface area (Å²) in [6.45, 7) is 9.06. The number of rotatable bonds is 6. The number of carbonyl (C=O) groups excluding carboxylic acids is 2. The summed E-state index contributed by atoms with van der Waals surface area (Å²) in [5, 5.41) is 3.38. The van der Waals surface area contributed by atoms with E-state index in [-0.39, 0.29) is 18.6 Å². The van der Waals surface area contributed by atoms with Crippen molar-refractivity contribution < 1.29 is 28.7 Å². The summed E-state index contributed by atoms with van der Waals surface area (Å²) < 4.78 is 11.0. The molecule has 2 heterocycles. The zero-order valence-electron chi connectivity index (χ0n) is 20.9. The van der Waals surface area contributed by atoms with Gasteiger partial charge in [-0.25, -0.2) is 9.86 Å². The molecule has 0 unspecified atom stereocenters. The summed E-state index contributed by atoms with van der Waals surface area (Å²) in [5.41, 5.74) is 3.31. The van der Waals surface area contributed by atoms with Gasteiger partial charge in [-0.15, -0.1) is 0 Å². The van der Waals surface area contributed by atoms with E-state index in [1.165, 1.54) is 5.06 Å². The van der Waals surface area contributed by atoms with E-state index in [2.05, 4.69) is 0 Å². The first-order valence-electron chi connectivity index (χ1n) is 12.3. The Morgan fingerprint density at radius 2 is 1.71 bits per heavy atom. The Labute approximate surface area is 201 Å². The van der Waals surface area contributed by atoms with Crippen molar-refractivity contribution in [3.05, 3.63) is 40.1 Å². The first-order chi connectivity index (χ1) is 16.3. The molecule has 1 saturated heterocycles. The fraction of sp³-hybridized carbons (Fsp3) is 0.615. The average Bonchev–Trinajstić information content (AvgIpc) is 3.37. The second-order valence-corrected chi connectivity index (χ2v) is 9.52. The molecule has 0 radical (unpaired) electrons. The van der Waals surface area contributed by atoms with Gasteiger partial charge >= 0.3 is 6.16 Å². The molecule has 0 atom stereocenters. The minimum atomic E-state index is -0.902. The van der Waals surface area contributed by atoms with E-state index >= 15 is 0 Å². The van der Waals surface area contributed by atoms with Crippen LogP contribution in [0.2, 0.25) is 0 Å². The van der Waals surface area contributed by atoms with Gasteiger partial charge in [0.25, 0.3) is 5.91 Å². The number of amides is 1. The monoisotopic (exact) mass is 472 g/mol. The topological polar surface area (TPSA) is 77.5 Å². The molecule has 8 nitrogen and oxygen atoms in total. The highest BCUT2D eigenvalue weighted by molar-refractivity contribution is 6.23. The van der Waals surface area contributed by atoms with Crippen LogP contribution in [0.5, 0.6) is 0 Å². The molecule has 8 heteroatoms. The number of benzene rings is 1. The van der Waals surface area contributed by atoms with Gasteiger partial charge in [-0.05, 0) is 70.1 Å². The van der Waals surface area contributed by atoms with Gasteiger partial charge in [0.2, 0.25) is 0 Å². The molecule has 1 amide bonds. The zero-order valence-corrected chi connectivity index (χ0v) is 20.9. The molecule has 1 aliphatic carbocycles. The van der Waals surface area contributed by atoms with E-state index in [1.807, 2.05) is 38.0 Å². The van der Waals surface area contributed by atoms with E-state index in [0.717, 1.165) is 47.9 Å². The predicted octanol–water partition coefficient (Wildman–Crippen LogP) is 4.61. The van der Waals surface area contributed by atoms with Crippen LogP contribution >= 0.6 is 0 Å². The van der Waals surface area contributed by atoms with E-state index in [0.29, 0.717) is 37.3 Å². The van der Waals surface area contributed by atoms with Gasteiger partial charge < -0.3 is 14.3 Å². The van der Waals surface area contributed by atoms with Gasteiger partial charge in [-0.3, -0.25) is 9.63 Å². The molecule has 2 fully saturated rings. The summed E-state index contributed by atoms with van der Waals surface area (Å²) in [7, 11) is 1.64. The molecule has 1 aromatic carbocycles. The van der Waals surface area contributed by atoms with Crippen LogP contribution in [0.25, 0.3) is 5.57 Å². The van der Waals surface area contributed by atoms with Crippen LogP contribution in [0, 0.1) is 20.8 Å². The summed E-state index contributed by atoms with van der Waals surface area (Å²) in [6.07, 6.45) is 4.19. The maximum Gasteiger partial charge on any atom is 0.513 e. The van der Waals surface area contributed by atoms with Gasteiger partial charge in [0.05, 0.1) is 25.4 Å². The Morgan fingerprint density at radius 3 is 2.26 bits per heavy atom. The van der Waals surface area contributed by atoms with Gasteiger partial charge in [-0.2, -0.15) is 5.06 Å². The number of piperidine rings is 1. The molecule has 0 bridgehead atoms. The Morgan fingerprint density at radius 1 is 1.09 bits per heavy atom. The molecule has 0 N–H and O–H groups in total. The lowest BCUT2D eigenvalue weighted by molar-refractivity contribution is -0.250. The molecule has 34 heavy (non-hydrogen) atoms. The standard InChI is InChI=1S/C26H36N2O6/c1-6-32-25(30)33-23-22(21-18(3)15-17(2)16-19(21)4)24(29)28(34-20-9-7-8-10-20)26(23)11-13-27(31-5)14-12-26/h15-16,20H,6-14H2,1-5H3. The molecule has 186 valence electrons. The molecule has 2 aliphatic heterocycles. The first kappa shape index (κ1) is 24.7. The lowest BCUT2D eigenvalue weighted by Crippen LogP contribution is -2.56. The molecular weight excluding hydrogens is 436 g/mol. The fourth-order valence-corrected chi connectivity index (χ4v) is 5.65. The Hall–Kier alpha value is -2.42. The Kier molecular flexibility index (Phi) is 7.31. The lowest BCUT2D eigenvalue weighted by atomic mass is 9.84. The van der Waals surface area contributed by atoms with Crippen molar-refractivity contribution in [3.8, 4) is 0 Å². The second kappa shape index (κ2) is 10.1. The van der Waals surface area contributed by atoms with Crippen LogP contribution in [0.15, 0.2) is 17.9 Å². The van der Waals surface area contributed by atoms with Crippen molar-refractivity contribution in [2.45, 2.75) is 77.9 Å². The quantitative estimate of drug-likeness (QED) is 0.560. The normalized spacial score (nSPS) is 21.1. The SMILES string of the molecule is CCOC(=O)OC1=C(c2c(C)cc(C)cc2C)C(=O)N(OC2CCCC2)C12CCN(OC)CC2. The van der Waals surface area contributed by atoms with Crippen LogP contribution in [-0.4, -0.2) is 60.6 Å². The summed E-state index contributed by atoms with van der Waals surface area (Å²) in [4.78, 5) is 38.6. The highest BCUT2D eigenvalue weighted by Crippen LogP contribution is 2.49. The van der Waals surface area contributed by atoms with Crippen molar-refractivity contribution in [1.29, 1.82) is 0 Å². The number of hydroxylamine groups is 4. The van der Waals surface area contributed by atoms with E-state index in [1.54, 1.807) is 14.0 Å². The largest absolute Gasteiger partial charge is 0.513 e. The maximum absolute atomic E-state index is 14.1. The number of hydrogen-bond acceptors (Lipinski definition) is 7. The van der Waals surface area contributed by atoms with Crippen molar-refractivity contribution in [2.24, 2.45) is 0 Å². The lowest BCUT2D eigenvalue weighted by Gasteiger charge is -2.44. The van der Waals surface area contributed by atoms with Gasteiger partial charge in [0.1, 0.15) is 5.54 Å². The van der Waals surface area contributed by atoms with Crippen molar-refractivity contribution in [2.75, 3.05) is 26.8 Å². The zero-order chi connectivity index (χ0) is 24.5. The summed E-state index contributed by atoms with van der Waals surface area (Å²) in [6, 6.07) is 4.09. The van der Waals surface area contributed by atoms with Gasteiger partial charge in [0.15, 0.2) is 5.76 Å². The molecule has 1 saturated carbocycles. The van der Waals surface area contributed by atoms with Crippen molar-refractivity contribution in [1.82, 2.24) is 10.1 Å².